The first-order valence-electron chi connectivity index (χ1n) is 8.10. The number of piperidine rings is 1. The van der Waals surface area contributed by atoms with Gasteiger partial charge in [-0.2, -0.15) is 0 Å². The van der Waals surface area contributed by atoms with Crippen LogP contribution in [0.1, 0.15) is 49.3 Å². The van der Waals surface area contributed by atoms with Crippen LogP contribution in [-0.2, 0) is 6.42 Å². The largest absolute Gasteiger partial charge is 0.306 e. The van der Waals surface area contributed by atoms with Gasteiger partial charge in [0.2, 0.25) is 0 Å². The van der Waals surface area contributed by atoms with Crippen molar-refractivity contribution in [3.63, 3.8) is 0 Å². The van der Waals surface area contributed by atoms with Crippen LogP contribution in [0, 0.1) is 5.82 Å². The third-order valence-electron chi connectivity index (χ3n) is 5.48. The van der Waals surface area contributed by atoms with Crippen LogP contribution < -0.4 is 5.32 Å². The molecule has 2 fully saturated rings. The van der Waals surface area contributed by atoms with Crippen LogP contribution in [0.2, 0.25) is 0 Å². The quantitative estimate of drug-likeness (QED) is 0.892. The SMILES string of the molecule is Fc1cccc2c1CCC2NC1CCN2CCCCC12. The molecule has 0 aromatic heterocycles. The molecule has 4 rings (SSSR count). The highest BCUT2D eigenvalue weighted by Gasteiger charge is 2.37. The number of nitrogens with one attached hydrogen (secondary N) is 1. The van der Waals surface area contributed by atoms with Gasteiger partial charge in [0, 0.05) is 24.7 Å². The monoisotopic (exact) mass is 274 g/mol. The van der Waals surface area contributed by atoms with Gasteiger partial charge in [-0.05, 0) is 55.8 Å². The van der Waals surface area contributed by atoms with Crippen LogP contribution >= 0.6 is 0 Å². The summed E-state index contributed by atoms with van der Waals surface area (Å²) in [6.07, 6.45) is 7.27. The minimum Gasteiger partial charge on any atom is -0.306 e. The normalized spacial score (nSPS) is 33.1. The van der Waals surface area contributed by atoms with Crippen LogP contribution in [0.4, 0.5) is 4.39 Å². The Kier molecular flexibility index (Phi) is 3.27. The van der Waals surface area contributed by atoms with Crippen molar-refractivity contribution in [3.8, 4) is 0 Å². The first kappa shape index (κ1) is 12.8. The molecular formula is C17H23FN2. The summed E-state index contributed by atoms with van der Waals surface area (Å²) >= 11 is 0. The predicted molar refractivity (Wildman–Crippen MR) is 78.2 cm³/mol. The van der Waals surface area contributed by atoms with E-state index < -0.39 is 0 Å². The molecule has 1 aliphatic carbocycles. The van der Waals surface area contributed by atoms with E-state index in [1.54, 1.807) is 6.07 Å². The topological polar surface area (TPSA) is 15.3 Å². The Hall–Kier alpha value is -0.930. The molecule has 3 unspecified atom stereocenters. The first-order chi connectivity index (χ1) is 9.83. The van der Waals surface area contributed by atoms with Gasteiger partial charge in [0.1, 0.15) is 5.82 Å². The average Bonchev–Trinajstić information content (AvgIpc) is 3.06. The molecule has 2 aliphatic heterocycles. The van der Waals surface area contributed by atoms with Crippen molar-refractivity contribution < 1.29 is 4.39 Å². The van der Waals surface area contributed by atoms with Gasteiger partial charge in [-0.15, -0.1) is 0 Å². The fourth-order valence-corrected chi connectivity index (χ4v) is 4.48. The van der Waals surface area contributed by atoms with E-state index in [1.165, 1.54) is 44.3 Å². The van der Waals surface area contributed by atoms with E-state index in [0.717, 1.165) is 24.4 Å². The van der Waals surface area contributed by atoms with Crippen LogP contribution in [0.15, 0.2) is 18.2 Å². The van der Waals surface area contributed by atoms with Gasteiger partial charge < -0.3 is 5.32 Å². The van der Waals surface area contributed by atoms with E-state index in [-0.39, 0.29) is 5.82 Å². The molecule has 2 heterocycles. The lowest BCUT2D eigenvalue weighted by Crippen LogP contribution is -2.45. The summed E-state index contributed by atoms with van der Waals surface area (Å²) in [7, 11) is 0. The smallest absolute Gasteiger partial charge is 0.126 e. The van der Waals surface area contributed by atoms with Crippen molar-refractivity contribution >= 4 is 0 Å². The summed E-state index contributed by atoms with van der Waals surface area (Å²) in [5, 5.41) is 3.85. The Morgan fingerprint density at radius 3 is 3.00 bits per heavy atom. The van der Waals surface area contributed by atoms with Gasteiger partial charge in [-0.1, -0.05) is 18.6 Å². The lowest BCUT2D eigenvalue weighted by Gasteiger charge is -2.34. The summed E-state index contributed by atoms with van der Waals surface area (Å²) in [5.74, 6) is -0.0162. The van der Waals surface area contributed by atoms with Crippen molar-refractivity contribution in [1.29, 1.82) is 0 Å². The molecule has 1 aromatic rings. The van der Waals surface area contributed by atoms with Gasteiger partial charge in [0.15, 0.2) is 0 Å². The van der Waals surface area contributed by atoms with Crippen molar-refractivity contribution in [1.82, 2.24) is 10.2 Å². The second-order valence-electron chi connectivity index (χ2n) is 6.56. The van der Waals surface area contributed by atoms with E-state index in [2.05, 4.69) is 16.3 Å². The summed E-state index contributed by atoms with van der Waals surface area (Å²) < 4.78 is 13.8. The standard InChI is InChI=1S/C17H23FN2/c18-14-5-3-4-13-12(14)7-8-15(13)19-16-9-11-20-10-2-1-6-17(16)20/h3-5,15-17,19H,1-2,6-11H2. The highest BCUT2D eigenvalue weighted by Crippen LogP contribution is 2.35. The van der Waals surface area contributed by atoms with Crippen LogP contribution in [0.5, 0.6) is 0 Å². The zero-order chi connectivity index (χ0) is 13.5. The maximum Gasteiger partial charge on any atom is 0.126 e. The van der Waals surface area contributed by atoms with Crippen LogP contribution in [-0.4, -0.2) is 30.1 Å². The molecule has 3 atom stereocenters. The number of hydrogen-bond donors (Lipinski definition) is 1. The van der Waals surface area contributed by atoms with Gasteiger partial charge in [-0.25, -0.2) is 4.39 Å². The maximum absolute atomic E-state index is 13.8. The Balaban J connectivity index is 1.50. The molecule has 0 bridgehead atoms. The highest BCUT2D eigenvalue weighted by atomic mass is 19.1. The van der Waals surface area contributed by atoms with Crippen molar-refractivity contribution in [2.75, 3.05) is 13.1 Å². The summed E-state index contributed by atoms with van der Waals surface area (Å²) in [4.78, 5) is 2.66. The molecular weight excluding hydrogens is 251 g/mol. The Morgan fingerprint density at radius 1 is 1.10 bits per heavy atom. The van der Waals surface area contributed by atoms with Gasteiger partial charge in [0.05, 0.1) is 0 Å². The summed E-state index contributed by atoms with van der Waals surface area (Å²) in [6.45, 7) is 2.52. The maximum atomic E-state index is 13.8. The lowest BCUT2D eigenvalue weighted by molar-refractivity contribution is 0.176. The molecule has 1 aromatic carbocycles. The molecule has 3 aliphatic rings. The van der Waals surface area contributed by atoms with Gasteiger partial charge in [0.25, 0.3) is 0 Å². The average molecular weight is 274 g/mol. The predicted octanol–water partition coefficient (Wildman–Crippen LogP) is 3.03. The van der Waals surface area contributed by atoms with Crippen molar-refractivity contribution in [2.45, 2.75) is 56.7 Å². The first-order valence-corrected chi connectivity index (χ1v) is 8.10. The number of halogens is 1. The van der Waals surface area contributed by atoms with E-state index in [9.17, 15) is 4.39 Å². The molecule has 108 valence electrons. The van der Waals surface area contributed by atoms with E-state index in [1.807, 2.05) is 6.07 Å². The Bertz CT molecular complexity index is 502. The number of benzene rings is 1. The fraction of sp³-hybridized carbons (Fsp3) is 0.647. The second kappa shape index (κ2) is 5.12. The van der Waals surface area contributed by atoms with E-state index in [0.29, 0.717) is 12.1 Å². The molecule has 2 nitrogen and oxygen atoms in total. The molecule has 0 amide bonds. The van der Waals surface area contributed by atoms with Gasteiger partial charge in [-0.3, -0.25) is 4.90 Å². The zero-order valence-electron chi connectivity index (χ0n) is 11.9. The van der Waals surface area contributed by atoms with Gasteiger partial charge >= 0.3 is 0 Å². The van der Waals surface area contributed by atoms with Crippen molar-refractivity contribution in [2.24, 2.45) is 0 Å². The number of nitrogens with zero attached hydrogens (tertiary/aromatic N) is 1. The highest BCUT2D eigenvalue weighted by molar-refractivity contribution is 5.35. The van der Waals surface area contributed by atoms with E-state index >= 15 is 0 Å². The molecule has 2 saturated heterocycles. The third-order valence-corrected chi connectivity index (χ3v) is 5.48. The van der Waals surface area contributed by atoms with Crippen LogP contribution in [0.25, 0.3) is 0 Å². The fourth-order valence-electron chi connectivity index (χ4n) is 4.48. The minimum atomic E-state index is -0.0162. The molecule has 3 heteroatoms. The minimum absolute atomic E-state index is 0.0162. The molecule has 20 heavy (non-hydrogen) atoms. The number of hydrogen-bond acceptors (Lipinski definition) is 2. The molecule has 1 N–H and O–H groups in total. The van der Waals surface area contributed by atoms with Crippen LogP contribution in [0.3, 0.4) is 0 Å². The summed E-state index contributed by atoms with van der Waals surface area (Å²) in [5.41, 5.74) is 2.16. The number of fused-ring (bicyclic) bond motifs is 2. The Labute approximate surface area is 120 Å². The second-order valence-corrected chi connectivity index (χ2v) is 6.56. The molecule has 0 spiro atoms. The third kappa shape index (κ3) is 2.08. The molecule has 0 saturated carbocycles. The zero-order valence-corrected chi connectivity index (χ0v) is 11.9. The Morgan fingerprint density at radius 2 is 2.05 bits per heavy atom. The molecule has 0 radical (unpaired) electrons. The number of rotatable bonds is 2. The lowest BCUT2D eigenvalue weighted by atomic mass is 9.97. The summed E-state index contributed by atoms with van der Waals surface area (Å²) in [6, 6.07) is 7.26. The van der Waals surface area contributed by atoms with E-state index in [4.69, 9.17) is 0 Å². The van der Waals surface area contributed by atoms with Crippen molar-refractivity contribution in [3.05, 3.63) is 35.1 Å².